The summed E-state index contributed by atoms with van der Waals surface area (Å²) >= 11 is 0. The van der Waals surface area contributed by atoms with Gasteiger partial charge in [0.25, 0.3) is 0 Å². The van der Waals surface area contributed by atoms with Crippen LogP contribution in [-0.2, 0) is 39.8 Å². The van der Waals surface area contributed by atoms with E-state index in [2.05, 4.69) is 0 Å². The van der Waals surface area contributed by atoms with Crippen molar-refractivity contribution in [1.29, 1.82) is 0 Å². The Balaban J connectivity index is 2.89. The average Bonchev–Trinajstić information content (AvgIpc) is 2.87. The highest BCUT2D eigenvalue weighted by Gasteiger charge is 2.43. The molecule has 0 bridgehead atoms. The summed E-state index contributed by atoms with van der Waals surface area (Å²) in [5.74, 6) is 1.73. The van der Waals surface area contributed by atoms with E-state index in [1.807, 2.05) is 0 Å². The van der Waals surface area contributed by atoms with E-state index in [9.17, 15) is 0 Å². The van der Waals surface area contributed by atoms with E-state index < -0.39 is 26.4 Å². The van der Waals surface area contributed by atoms with Crippen molar-refractivity contribution >= 4 is 26.4 Å². The van der Waals surface area contributed by atoms with Crippen LogP contribution in [0.1, 0.15) is 38.5 Å². The summed E-state index contributed by atoms with van der Waals surface area (Å²) in [7, 11) is 7.38. The Morgan fingerprint density at radius 1 is 0.394 bits per heavy atom. The predicted molar refractivity (Wildman–Crippen MR) is 133 cm³/mol. The Labute approximate surface area is 204 Å². The molecule has 12 heteroatoms. The van der Waals surface area contributed by atoms with Gasteiger partial charge in [-0.25, -0.2) is 0 Å². The van der Waals surface area contributed by atoms with Crippen molar-refractivity contribution in [2.24, 2.45) is 17.8 Å². The summed E-state index contributed by atoms with van der Waals surface area (Å²) < 4.78 is 50.9. The van der Waals surface area contributed by atoms with E-state index in [0.717, 1.165) is 37.4 Å². The monoisotopic (exact) mass is 528 g/mol. The minimum Gasteiger partial charge on any atom is -0.377 e. The maximum absolute atomic E-state index is 5.66. The molecule has 0 aromatic carbocycles. The smallest absolute Gasteiger partial charge is 0.377 e. The first-order chi connectivity index (χ1) is 15.8. The fourth-order valence-corrected chi connectivity index (χ4v) is 10.8. The van der Waals surface area contributed by atoms with Crippen LogP contribution in [0.15, 0.2) is 0 Å². The highest BCUT2D eigenvalue weighted by atomic mass is 28.4. The van der Waals surface area contributed by atoms with Crippen LogP contribution in [0.2, 0.25) is 18.1 Å². The lowest BCUT2D eigenvalue weighted by Crippen LogP contribution is -2.44. The maximum atomic E-state index is 5.66. The molecule has 198 valence electrons. The molecule has 0 unspecified atom stereocenters. The molecule has 33 heavy (non-hydrogen) atoms. The van der Waals surface area contributed by atoms with E-state index in [0.29, 0.717) is 17.8 Å². The van der Waals surface area contributed by atoms with Crippen LogP contribution in [0.3, 0.4) is 0 Å². The normalized spacial score (nSPS) is 22.6. The van der Waals surface area contributed by atoms with Gasteiger partial charge in [0.15, 0.2) is 0 Å². The van der Waals surface area contributed by atoms with Gasteiger partial charge in [-0.3, -0.25) is 0 Å². The molecule has 1 saturated carbocycles. The van der Waals surface area contributed by atoms with Gasteiger partial charge in [0, 0.05) is 82.1 Å². The highest BCUT2D eigenvalue weighted by molar-refractivity contribution is 6.61. The molecule has 0 aromatic heterocycles. The van der Waals surface area contributed by atoms with Crippen LogP contribution >= 0.6 is 0 Å². The Morgan fingerprint density at radius 2 is 0.576 bits per heavy atom. The van der Waals surface area contributed by atoms with E-state index in [4.69, 9.17) is 39.8 Å². The second-order valence-electron chi connectivity index (χ2n) is 8.81. The van der Waals surface area contributed by atoms with Crippen molar-refractivity contribution in [2.45, 2.75) is 56.7 Å². The first kappa shape index (κ1) is 31.3. The van der Waals surface area contributed by atoms with E-state index in [1.165, 1.54) is 19.3 Å². The first-order valence-electron chi connectivity index (χ1n) is 11.7. The van der Waals surface area contributed by atoms with Gasteiger partial charge in [-0.15, -0.1) is 0 Å². The van der Waals surface area contributed by atoms with E-state index in [1.54, 1.807) is 64.0 Å². The van der Waals surface area contributed by atoms with E-state index in [-0.39, 0.29) is 0 Å². The zero-order valence-corrected chi connectivity index (χ0v) is 25.3. The maximum Gasteiger partial charge on any atom is 0.500 e. The fraction of sp³-hybridized carbons (Fsp3) is 1.00. The molecule has 0 amide bonds. The lowest BCUT2D eigenvalue weighted by atomic mass is 9.72. The van der Waals surface area contributed by atoms with Crippen molar-refractivity contribution in [3.8, 4) is 0 Å². The highest BCUT2D eigenvalue weighted by Crippen LogP contribution is 2.42. The topological polar surface area (TPSA) is 83.1 Å². The summed E-state index contributed by atoms with van der Waals surface area (Å²) in [5, 5.41) is 0. The van der Waals surface area contributed by atoms with Crippen LogP contribution in [0, 0.1) is 17.8 Å². The van der Waals surface area contributed by atoms with Gasteiger partial charge in [-0.2, -0.15) is 0 Å². The van der Waals surface area contributed by atoms with Gasteiger partial charge in [0.2, 0.25) is 0 Å². The molecule has 0 radical (unpaired) electrons. The van der Waals surface area contributed by atoms with Crippen molar-refractivity contribution in [2.75, 3.05) is 64.0 Å². The minimum atomic E-state index is -2.58. The molecular formula is C21H48O9Si3. The standard InChI is InChI=1S/C21H48O9Si3/c1-22-31(23-2,24-3)13-10-19-16-20(11-14-32(25-4,26-5)27-6)18-21(17-19)12-15-33(28-7,29-8)30-9/h19-21H,10-18H2,1-9H3. The predicted octanol–water partition coefficient (Wildman–Crippen LogP) is 3.82. The first-order valence-corrected chi connectivity index (χ1v) is 17.5. The van der Waals surface area contributed by atoms with Gasteiger partial charge in [-0.05, 0) is 56.3 Å². The largest absolute Gasteiger partial charge is 0.500 e. The Hall–Kier alpha value is 0.291. The zero-order valence-electron chi connectivity index (χ0n) is 22.3. The Bertz CT molecular complexity index is 415. The van der Waals surface area contributed by atoms with Gasteiger partial charge in [-0.1, -0.05) is 0 Å². The fourth-order valence-electron chi connectivity index (χ4n) is 5.22. The van der Waals surface area contributed by atoms with Crippen LogP contribution in [0.4, 0.5) is 0 Å². The van der Waals surface area contributed by atoms with E-state index >= 15 is 0 Å². The summed E-state index contributed by atoms with van der Waals surface area (Å²) in [6.45, 7) is 0. The van der Waals surface area contributed by atoms with Crippen LogP contribution < -0.4 is 0 Å². The lowest BCUT2D eigenvalue weighted by Gasteiger charge is -2.38. The Morgan fingerprint density at radius 3 is 0.727 bits per heavy atom. The average molecular weight is 529 g/mol. The lowest BCUT2D eigenvalue weighted by molar-refractivity contribution is 0.106. The second-order valence-corrected chi connectivity index (χ2v) is 18.1. The third kappa shape index (κ3) is 9.03. The molecule has 1 fully saturated rings. The summed E-state index contributed by atoms with van der Waals surface area (Å²) in [5.41, 5.74) is 0. The van der Waals surface area contributed by atoms with Crippen molar-refractivity contribution in [3.63, 3.8) is 0 Å². The van der Waals surface area contributed by atoms with Crippen molar-refractivity contribution < 1.29 is 39.8 Å². The second kappa shape index (κ2) is 15.4. The molecule has 0 saturated heterocycles. The SMILES string of the molecule is CO[Si](CCC1CC(CC[Si](OC)(OC)OC)CC(CC[Si](OC)(OC)OC)C1)(OC)OC. The summed E-state index contributed by atoms with van der Waals surface area (Å²) in [6, 6.07) is 2.46. The molecule has 0 aromatic rings. The van der Waals surface area contributed by atoms with Crippen LogP contribution in [0.5, 0.6) is 0 Å². The molecule has 0 spiro atoms. The summed E-state index contributed by atoms with van der Waals surface area (Å²) in [4.78, 5) is 0. The third-order valence-electron chi connectivity index (χ3n) is 7.38. The molecule has 0 atom stereocenters. The van der Waals surface area contributed by atoms with Gasteiger partial charge in [0.1, 0.15) is 0 Å². The molecular weight excluding hydrogens is 480 g/mol. The van der Waals surface area contributed by atoms with Crippen molar-refractivity contribution in [3.05, 3.63) is 0 Å². The minimum absolute atomic E-state index is 0.577. The molecule has 1 aliphatic rings. The third-order valence-corrected chi connectivity index (χ3v) is 15.7. The molecule has 1 rings (SSSR count). The number of hydrogen-bond donors (Lipinski definition) is 0. The number of rotatable bonds is 18. The van der Waals surface area contributed by atoms with Crippen LogP contribution in [0.25, 0.3) is 0 Å². The molecule has 1 aliphatic carbocycles. The van der Waals surface area contributed by atoms with Gasteiger partial charge >= 0.3 is 26.4 Å². The van der Waals surface area contributed by atoms with Crippen molar-refractivity contribution in [1.82, 2.24) is 0 Å². The molecule has 0 N–H and O–H groups in total. The van der Waals surface area contributed by atoms with Crippen LogP contribution in [-0.4, -0.2) is 90.4 Å². The summed E-state index contributed by atoms with van der Waals surface area (Å²) in [6.07, 6.45) is 6.58. The molecule has 0 heterocycles. The van der Waals surface area contributed by atoms with Gasteiger partial charge in [0.05, 0.1) is 0 Å². The molecule has 0 aliphatic heterocycles. The zero-order chi connectivity index (χ0) is 25.0. The molecule has 9 nitrogen and oxygen atoms in total. The van der Waals surface area contributed by atoms with Gasteiger partial charge < -0.3 is 39.8 Å². The Kier molecular flexibility index (Phi) is 14.6. The quantitative estimate of drug-likeness (QED) is 0.247. The number of hydrogen-bond acceptors (Lipinski definition) is 9.